The van der Waals surface area contributed by atoms with Crippen LogP contribution < -0.4 is 4.31 Å². The maximum absolute atomic E-state index is 14.8. The van der Waals surface area contributed by atoms with Crippen molar-refractivity contribution in [3.05, 3.63) is 94.5 Å². The largest absolute Gasteiger partial charge is 0.264 e. The monoisotopic (exact) mass is 433 g/mol. The van der Waals surface area contributed by atoms with Crippen LogP contribution in [-0.4, -0.2) is 8.42 Å². The molecule has 0 aliphatic heterocycles. The van der Waals surface area contributed by atoms with Crippen molar-refractivity contribution >= 4 is 27.3 Å². The normalized spacial score (nSPS) is 16.3. The summed E-state index contributed by atoms with van der Waals surface area (Å²) >= 11 is 5.90. The molecular formula is C22H18ClF2NO2S. The van der Waals surface area contributed by atoms with Gasteiger partial charge in [0.1, 0.15) is 11.6 Å². The molecule has 0 N–H and O–H groups in total. The summed E-state index contributed by atoms with van der Waals surface area (Å²) < 4.78 is 57.0. The van der Waals surface area contributed by atoms with E-state index in [2.05, 4.69) is 0 Å². The van der Waals surface area contributed by atoms with Crippen molar-refractivity contribution in [2.75, 3.05) is 4.31 Å². The second kappa shape index (κ2) is 7.76. The fraction of sp³-hybridized carbons (Fsp3) is 0.182. The zero-order valence-corrected chi connectivity index (χ0v) is 16.9. The van der Waals surface area contributed by atoms with Crippen molar-refractivity contribution in [3.63, 3.8) is 0 Å². The van der Waals surface area contributed by atoms with Gasteiger partial charge in [-0.3, -0.25) is 4.31 Å². The third-order valence-corrected chi connectivity index (χ3v) is 7.23. The van der Waals surface area contributed by atoms with Gasteiger partial charge in [-0.2, -0.15) is 0 Å². The molecular weight excluding hydrogens is 416 g/mol. The highest BCUT2D eigenvalue weighted by Gasteiger charge is 2.36. The first-order valence-electron chi connectivity index (χ1n) is 9.21. The van der Waals surface area contributed by atoms with E-state index in [0.717, 1.165) is 46.5 Å². The maximum atomic E-state index is 14.8. The smallest absolute Gasteiger partial charge is 0.256 e. The molecule has 0 heterocycles. The van der Waals surface area contributed by atoms with E-state index in [9.17, 15) is 17.2 Å². The summed E-state index contributed by atoms with van der Waals surface area (Å²) in [6.07, 6.45) is 2.05. The molecule has 0 fully saturated rings. The zero-order valence-electron chi connectivity index (χ0n) is 15.4. The van der Waals surface area contributed by atoms with Crippen LogP contribution in [0.25, 0.3) is 0 Å². The minimum absolute atomic E-state index is 0.0337. The molecule has 1 atom stereocenters. The molecule has 0 saturated carbocycles. The summed E-state index contributed by atoms with van der Waals surface area (Å²) in [5.41, 5.74) is 1.51. The molecule has 0 amide bonds. The van der Waals surface area contributed by atoms with Crippen molar-refractivity contribution in [2.45, 2.75) is 30.2 Å². The SMILES string of the molecule is O=S(=O)(c1ccc(Cl)cc1)N(c1cc(F)ccc1F)C1CCCc2ccccc21. The Labute approximate surface area is 173 Å². The highest BCUT2D eigenvalue weighted by Crippen LogP contribution is 2.41. The molecule has 150 valence electrons. The first-order chi connectivity index (χ1) is 13.9. The van der Waals surface area contributed by atoms with Gasteiger partial charge in [-0.25, -0.2) is 17.2 Å². The van der Waals surface area contributed by atoms with E-state index in [-0.39, 0.29) is 10.6 Å². The number of sulfonamides is 1. The molecule has 4 rings (SSSR count). The minimum Gasteiger partial charge on any atom is -0.256 e. The lowest BCUT2D eigenvalue weighted by Crippen LogP contribution is -2.37. The molecule has 1 unspecified atom stereocenters. The van der Waals surface area contributed by atoms with Gasteiger partial charge >= 0.3 is 0 Å². The van der Waals surface area contributed by atoms with Crippen LogP contribution in [0.4, 0.5) is 14.5 Å². The second-order valence-electron chi connectivity index (χ2n) is 6.96. The summed E-state index contributed by atoms with van der Waals surface area (Å²) in [6, 6.07) is 15.4. The fourth-order valence-corrected chi connectivity index (χ4v) is 5.60. The van der Waals surface area contributed by atoms with E-state index in [1.165, 1.54) is 24.3 Å². The fourth-order valence-electron chi connectivity index (χ4n) is 3.81. The molecule has 0 saturated heterocycles. The Morgan fingerprint density at radius 2 is 1.69 bits per heavy atom. The van der Waals surface area contributed by atoms with Crippen LogP contribution in [0, 0.1) is 11.6 Å². The number of rotatable bonds is 4. The number of aryl methyl sites for hydroxylation is 1. The van der Waals surface area contributed by atoms with Crippen LogP contribution in [-0.2, 0) is 16.4 Å². The Morgan fingerprint density at radius 3 is 2.45 bits per heavy atom. The van der Waals surface area contributed by atoms with Gasteiger partial charge in [-0.15, -0.1) is 0 Å². The number of halogens is 3. The number of anilines is 1. The molecule has 3 aromatic rings. The van der Waals surface area contributed by atoms with Gasteiger partial charge in [0.25, 0.3) is 10.0 Å². The molecule has 7 heteroatoms. The summed E-state index contributed by atoms with van der Waals surface area (Å²) in [4.78, 5) is -0.0337. The average Bonchev–Trinajstić information content (AvgIpc) is 2.71. The van der Waals surface area contributed by atoms with Crippen molar-refractivity contribution in [1.82, 2.24) is 0 Å². The van der Waals surface area contributed by atoms with Crippen molar-refractivity contribution < 1.29 is 17.2 Å². The third-order valence-electron chi connectivity index (χ3n) is 5.14. The van der Waals surface area contributed by atoms with E-state index in [4.69, 9.17) is 11.6 Å². The second-order valence-corrected chi connectivity index (χ2v) is 9.21. The molecule has 0 spiro atoms. The lowest BCUT2D eigenvalue weighted by atomic mass is 9.87. The Hall–Kier alpha value is -2.44. The summed E-state index contributed by atoms with van der Waals surface area (Å²) in [6.45, 7) is 0. The van der Waals surface area contributed by atoms with E-state index >= 15 is 0 Å². The molecule has 0 bridgehead atoms. The molecule has 1 aliphatic rings. The summed E-state index contributed by atoms with van der Waals surface area (Å²) in [5.74, 6) is -1.51. The number of hydrogen-bond donors (Lipinski definition) is 0. The summed E-state index contributed by atoms with van der Waals surface area (Å²) in [5, 5.41) is 0.385. The third kappa shape index (κ3) is 3.74. The predicted molar refractivity (Wildman–Crippen MR) is 110 cm³/mol. The summed E-state index contributed by atoms with van der Waals surface area (Å²) in [7, 11) is -4.18. The van der Waals surface area contributed by atoms with E-state index < -0.39 is 27.7 Å². The van der Waals surface area contributed by atoms with Crippen molar-refractivity contribution in [2.24, 2.45) is 0 Å². The topological polar surface area (TPSA) is 37.4 Å². The highest BCUT2D eigenvalue weighted by molar-refractivity contribution is 7.92. The number of benzene rings is 3. The van der Waals surface area contributed by atoms with Crippen LogP contribution in [0.15, 0.2) is 71.6 Å². The number of nitrogens with zero attached hydrogens (tertiary/aromatic N) is 1. The van der Waals surface area contributed by atoms with Crippen molar-refractivity contribution in [3.8, 4) is 0 Å². The van der Waals surface area contributed by atoms with Gasteiger partial charge in [-0.1, -0.05) is 35.9 Å². The Balaban J connectivity index is 1.94. The Kier molecular flexibility index (Phi) is 5.32. The molecule has 3 aromatic carbocycles. The predicted octanol–water partition coefficient (Wildman–Crippen LogP) is 5.89. The van der Waals surface area contributed by atoms with Crippen LogP contribution >= 0.6 is 11.6 Å². The highest BCUT2D eigenvalue weighted by atomic mass is 35.5. The van der Waals surface area contributed by atoms with Gasteiger partial charge in [0.15, 0.2) is 0 Å². The van der Waals surface area contributed by atoms with Crippen LogP contribution in [0.1, 0.15) is 30.0 Å². The first-order valence-corrected chi connectivity index (χ1v) is 11.0. The minimum atomic E-state index is -4.18. The Bertz CT molecular complexity index is 1150. The zero-order chi connectivity index (χ0) is 20.6. The molecule has 3 nitrogen and oxygen atoms in total. The van der Waals surface area contributed by atoms with Crippen LogP contribution in [0.3, 0.4) is 0 Å². The maximum Gasteiger partial charge on any atom is 0.264 e. The molecule has 0 radical (unpaired) electrons. The van der Waals surface area contributed by atoms with Gasteiger partial charge in [-0.05, 0) is 66.8 Å². The standard InChI is InChI=1S/C22H18ClF2NO2S/c23-16-8-11-18(12-9-16)29(27,28)26(22-14-17(24)10-13-20(22)25)21-7-3-5-15-4-1-2-6-19(15)21/h1-2,4,6,8-14,21H,3,5,7H2. The van der Waals surface area contributed by atoms with Gasteiger partial charge in [0, 0.05) is 11.1 Å². The number of fused-ring (bicyclic) bond motifs is 1. The van der Waals surface area contributed by atoms with Gasteiger partial charge in [0.2, 0.25) is 0 Å². The van der Waals surface area contributed by atoms with E-state index in [1.807, 2.05) is 24.3 Å². The Morgan fingerprint density at radius 1 is 0.966 bits per heavy atom. The first kappa shape index (κ1) is 19.9. The van der Waals surface area contributed by atoms with E-state index in [0.29, 0.717) is 11.4 Å². The van der Waals surface area contributed by atoms with Gasteiger partial charge < -0.3 is 0 Å². The van der Waals surface area contributed by atoms with E-state index in [1.54, 1.807) is 0 Å². The number of hydrogen-bond acceptors (Lipinski definition) is 2. The molecule has 0 aromatic heterocycles. The molecule has 29 heavy (non-hydrogen) atoms. The lowest BCUT2D eigenvalue weighted by molar-refractivity contribution is 0.529. The average molecular weight is 434 g/mol. The molecule has 1 aliphatic carbocycles. The van der Waals surface area contributed by atoms with Gasteiger partial charge in [0.05, 0.1) is 16.6 Å². The van der Waals surface area contributed by atoms with Crippen molar-refractivity contribution in [1.29, 1.82) is 0 Å². The van der Waals surface area contributed by atoms with Crippen LogP contribution in [0.2, 0.25) is 5.02 Å². The van der Waals surface area contributed by atoms with Crippen LogP contribution in [0.5, 0.6) is 0 Å². The quantitative estimate of drug-likeness (QED) is 0.514. The lowest BCUT2D eigenvalue weighted by Gasteiger charge is -2.36.